The molecule has 0 fully saturated rings. The summed E-state index contributed by atoms with van der Waals surface area (Å²) in [7, 11) is 1.58. The fraction of sp³-hybridized carbons (Fsp3) is 0.100. The van der Waals surface area contributed by atoms with Crippen LogP contribution in [-0.4, -0.2) is 23.0 Å². The van der Waals surface area contributed by atoms with Gasteiger partial charge in [-0.2, -0.15) is 0 Å². The molecule has 1 amide bonds. The van der Waals surface area contributed by atoms with Crippen LogP contribution in [0.3, 0.4) is 0 Å². The van der Waals surface area contributed by atoms with E-state index in [1.807, 2.05) is 43.3 Å². The van der Waals surface area contributed by atoms with Crippen molar-refractivity contribution in [2.24, 2.45) is 0 Å². The van der Waals surface area contributed by atoms with Crippen LogP contribution < -0.4 is 10.1 Å². The second kappa shape index (κ2) is 6.40. The predicted molar refractivity (Wildman–Crippen MR) is 99.5 cm³/mol. The summed E-state index contributed by atoms with van der Waals surface area (Å²) in [6.45, 7) is 1.86. The lowest BCUT2D eigenvalue weighted by Crippen LogP contribution is -2.12. The van der Waals surface area contributed by atoms with Gasteiger partial charge in [0.15, 0.2) is 17.1 Å². The zero-order valence-corrected chi connectivity index (χ0v) is 14.4. The third-order valence-electron chi connectivity index (χ3n) is 4.25. The minimum Gasteiger partial charge on any atom is -0.493 e. The number of furan rings is 1. The molecule has 0 aliphatic carbocycles. The van der Waals surface area contributed by atoms with Crippen molar-refractivity contribution in [2.45, 2.75) is 6.92 Å². The molecule has 0 saturated heterocycles. The smallest absolute Gasteiger partial charge is 0.291 e. The number of nitrogens with one attached hydrogen (secondary N) is 2. The second-order valence-corrected chi connectivity index (χ2v) is 5.87. The van der Waals surface area contributed by atoms with Gasteiger partial charge in [0.1, 0.15) is 5.82 Å². The van der Waals surface area contributed by atoms with E-state index in [1.165, 1.54) is 0 Å². The van der Waals surface area contributed by atoms with Crippen LogP contribution in [0, 0.1) is 6.92 Å². The number of para-hydroxylation sites is 1. The van der Waals surface area contributed by atoms with Crippen molar-refractivity contribution in [2.75, 3.05) is 12.4 Å². The summed E-state index contributed by atoms with van der Waals surface area (Å²) in [5.41, 5.74) is 2.90. The second-order valence-electron chi connectivity index (χ2n) is 5.87. The molecule has 2 aromatic heterocycles. The van der Waals surface area contributed by atoms with E-state index in [-0.39, 0.29) is 11.7 Å². The van der Waals surface area contributed by atoms with Gasteiger partial charge in [-0.3, -0.25) is 4.79 Å². The SMILES string of the molecule is COc1cccc2c(C)c(C(=O)Nc3cccc(-c4ncc[nH]4)c3)oc12. The Balaban J connectivity index is 1.66. The summed E-state index contributed by atoms with van der Waals surface area (Å²) < 4.78 is 11.1. The third kappa shape index (κ3) is 2.71. The van der Waals surface area contributed by atoms with E-state index in [9.17, 15) is 4.79 Å². The summed E-state index contributed by atoms with van der Waals surface area (Å²) in [5, 5.41) is 3.74. The molecule has 0 spiro atoms. The molecule has 2 N–H and O–H groups in total. The molecule has 0 aliphatic heterocycles. The first-order valence-electron chi connectivity index (χ1n) is 8.14. The number of fused-ring (bicyclic) bond motifs is 1. The summed E-state index contributed by atoms with van der Waals surface area (Å²) in [5.74, 6) is 1.31. The van der Waals surface area contributed by atoms with Gasteiger partial charge in [0.25, 0.3) is 5.91 Å². The van der Waals surface area contributed by atoms with Crippen LogP contribution in [-0.2, 0) is 0 Å². The molecule has 0 aliphatic rings. The Bertz CT molecular complexity index is 1080. The maximum atomic E-state index is 12.7. The van der Waals surface area contributed by atoms with Crippen LogP contribution in [0.15, 0.2) is 59.3 Å². The number of methoxy groups -OCH3 is 1. The lowest BCUT2D eigenvalue weighted by Gasteiger charge is -2.05. The number of benzene rings is 2. The van der Waals surface area contributed by atoms with Crippen molar-refractivity contribution in [3.63, 3.8) is 0 Å². The van der Waals surface area contributed by atoms with Crippen molar-refractivity contribution in [3.05, 3.63) is 66.2 Å². The maximum absolute atomic E-state index is 12.7. The van der Waals surface area contributed by atoms with Gasteiger partial charge in [-0.05, 0) is 25.1 Å². The van der Waals surface area contributed by atoms with E-state index in [0.29, 0.717) is 17.0 Å². The quantitative estimate of drug-likeness (QED) is 0.574. The largest absolute Gasteiger partial charge is 0.493 e. The first-order chi connectivity index (χ1) is 12.7. The average Bonchev–Trinajstić information content (AvgIpc) is 3.30. The Labute approximate surface area is 149 Å². The predicted octanol–water partition coefficient (Wildman–Crippen LogP) is 4.39. The molecule has 130 valence electrons. The molecule has 2 aromatic carbocycles. The molecule has 26 heavy (non-hydrogen) atoms. The minimum atomic E-state index is -0.308. The number of anilines is 1. The van der Waals surface area contributed by atoms with E-state index in [0.717, 1.165) is 22.3 Å². The van der Waals surface area contributed by atoms with E-state index in [1.54, 1.807) is 25.6 Å². The van der Waals surface area contributed by atoms with Gasteiger partial charge in [0.05, 0.1) is 7.11 Å². The fourth-order valence-corrected chi connectivity index (χ4v) is 2.95. The number of imidazole rings is 1. The van der Waals surface area contributed by atoms with Crippen LogP contribution in [0.2, 0.25) is 0 Å². The number of aromatic amines is 1. The van der Waals surface area contributed by atoms with Crippen LogP contribution in [0.4, 0.5) is 5.69 Å². The summed E-state index contributed by atoms with van der Waals surface area (Å²) in [4.78, 5) is 20.0. The Morgan fingerprint density at radius 3 is 2.85 bits per heavy atom. The summed E-state index contributed by atoms with van der Waals surface area (Å²) in [6.07, 6.45) is 3.44. The first kappa shape index (κ1) is 16.0. The molecule has 0 saturated carbocycles. The molecule has 6 heteroatoms. The molecule has 0 atom stereocenters. The lowest BCUT2D eigenvalue weighted by molar-refractivity contribution is 0.0998. The molecular formula is C20H17N3O3. The lowest BCUT2D eigenvalue weighted by atomic mass is 10.1. The number of nitrogens with zero attached hydrogens (tertiary/aromatic N) is 1. The van der Waals surface area contributed by atoms with Gasteiger partial charge in [-0.15, -0.1) is 0 Å². The highest BCUT2D eigenvalue weighted by molar-refractivity contribution is 6.07. The van der Waals surface area contributed by atoms with Crippen molar-refractivity contribution >= 4 is 22.6 Å². The minimum absolute atomic E-state index is 0.271. The van der Waals surface area contributed by atoms with Gasteiger partial charge in [-0.25, -0.2) is 4.98 Å². The number of aromatic nitrogens is 2. The van der Waals surface area contributed by atoms with Crippen LogP contribution in [0.1, 0.15) is 16.1 Å². The number of hydrogen-bond donors (Lipinski definition) is 2. The van der Waals surface area contributed by atoms with Crippen LogP contribution in [0.5, 0.6) is 5.75 Å². The van der Waals surface area contributed by atoms with E-state index in [2.05, 4.69) is 15.3 Å². The molecule has 4 rings (SSSR count). The Kier molecular flexibility index (Phi) is 3.93. The Morgan fingerprint density at radius 2 is 2.08 bits per heavy atom. The standard InChI is InChI=1S/C20H17N3O3/c1-12-15-7-4-8-16(25-2)18(15)26-17(12)20(24)23-14-6-3-5-13(11-14)19-21-9-10-22-19/h3-11H,1-2H3,(H,21,22)(H,23,24). The molecular weight excluding hydrogens is 330 g/mol. The zero-order valence-electron chi connectivity index (χ0n) is 14.4. The molecule has 2 heterocycles. The van der Waals surface area contributed by atoms with Crippen molar-refractivity contribution < 1.29 is 13.9 Å². The topological polar surface area (TPSA) is 80.1 Å². The average molecular weight is 347 g/mol. The normalized spacial score (nSPS) is 10.8. The van der Waals surface area contributed by atoms with Gasteiger partial charge in [-0.1, -0.05) is 24.3 Å². The number of carbonyl (C=O) groups excluding carboxylic acids is 1. The third-order valence-corrected chi connectivity index (χ3v) is 4.25. The van der Waals surface area contributed by atoms with Crippen molar-refractivity contribution in [3.8, 4) is 17.1 Å². The van der Waals surface area contributed by atoms with E-state index < -0.39 is 0 Å². The number of H-pyrrole nitrogens is 1. The fourth-order valence-electron chi connectivity index (χ4n) is 2.95. The molecule has 0 bridgehead atoms. The summed E-state index contributed by atoms with van der Waals surface area (Å²) >= 11 is 0. The van der Waals surface area contributed by atoms with E-state index >= 15 is 0 Å². The number of rotatable bonds is 4. The van der Waals surface area contributed by atoms with Gasteiger partial charge < -0.3 is 19.5 Å². The first-order valence-corrected chi connectivity index (χ1v) is 8.14. The number of ether oxygens (including phenoxy) is 1. The van der Waals surface area contributed by atoms with E-state index in [4.69, 9.17) is 9.15 Å². The highest BCUT2D eigenvalue weighted by atomic mass is 16.5. The number of amides is 1. The van der Waals surface area contributed by atoms with Crippen molar-refractivity contribution in [1.29, 1.82) is 0 Å². The monoisotopic (exact) mass is 347 g/mol. The summed E-state index contributed by atoms with van der Waals surface area (Å²) in [6, 6.07) is 13.1. The molecule has 0 unspecified atom stereocenters. The maximum Gasteiger partial charge on any atom is 0.291 e. The highest BCUT2D eigenvalue weighted by Gasteiger charge is 2.20. The molecule has 6 nitrogen and oxygen atoms in total. The molecule has 4 aromatic rings. The highest BCUT2D eigenvalue weighted by Crippen LogP contribution is 2.32. The van der Waals surface area contributed by atoms with Gasteiger partial charge in [0, 0.05) is 34.6 Å². The van der Waals surface area contributed by atoms with Gasteiger partial charge >= 0.3 is 0 Å². The van der Waals surface area contributed by atoms with Crippen LogP contribution in [0.25, 0.3) is 22.4 Å². The van der Waals surface area contributed by atoms with Crippen LogP contribution >= 0.6 is 0 Å². The molecule has 0 radical (unpaired) electrons. The Morgan fingerprint density at radius 1 is 1.23 bits per heavy atom. The zero-order chi connectivity index (χ0) is 18.1. The Hall–Kier alpha value is -3.54. The number of aryl methyl sites for hydroxylation is 1. The number of hydrogen-bond acceptors (Lipinski definition) is 4. The van der Waals surface area contributed by atoms with Gasteiger partial charge in [0.2, 0.25) is 0 Å². The van der Waals surface area contributed by atoms with Crippen molar-refractivity contribution in [1.82, 2.24) is 9.97 Å². The number of carbonyl (C=O) groups is 1.